The summed E-state index contributed by atoms with van der Waals surface area (Å²) in [7, 11) is 0. The maximum absolute atomic E-state index is 10.5. The summed E-state index contributed by atoms with van der Waals surface area (Å²) in [6, 6.07) is 0. The average molecular weight is 156 g/mol. The Morgan fingerprint density at radius 2 is 2.18 bits per heavy atom. The Morgan fingerprint density at radius 3 is 2.55 bits per heavy atom. The van der Waals surface area contributed by atoms with Gasteiger partial charge in [0.05, 0.1) is 12.4 Å². The normalized spacial score (nSPS) is 9.55. The van der Waals surface area contributed by atoms with Crippen LogP contribution >= 0.6 is 0 Å². The second kappa shape index (κ2) is 3.00. The Hall–Kier alpha value is -1.59. The fraction of sp³-hybridized carbons (Fsp3) is 0.400. The molecule has 1 N–H and O–H groups in total. The Kier molecular flexibility index (Phi) is 2.05. The van der Waals surface area contributed by atoms with Crippen molar-refractivity contribution in [1.82, 2.24) is 15.1 Å². The lowest BCUT2D eigenvalue weighted by Gasteiger charge is -2.13. The third-order valence-electron chi connectivity index (χ3n) is 1.14. The molecule has 0 atom stereocenters. The van der Waals surface area contributed by atoms with E-state index in [9.17, 15) is 4.79 Å². The minimum Gasteiger partial charge on any atom is -0.464 e. The monoisotopic (exact) mass is 156 g/mol. The number of nitrogens with zero attached hydrogens (tertiary/aromatic N) is 4. The van der Waals surface area contributed by atoms with Crippen molar-refractivity contribution >= 4 is 6.09 Å². The number of aromatic nitrogens is 3. The molecule has 0 bridgehead atoms. The fourth-order valence-corrected chi connectivity index (χ4v) is 0.672. The van der Waals surface area contributed by atoms with Gasteiger partial charge in [0.2, 0.25) is 0 Å². The van der Waals surface area contributed by atoms with Crippen LogP contribution in [0.1, 0.15) is 6.92 Å². The lowest BCUT2D eigenvalue weighted by atomic mass is 10.7. The highest BCUT2D eigenvalue weighted by Crippen LogP contribution is 1.85. The Labute approximate surface area is 63.0 Å². The van der Waals surface area contributed by atoms with Gasteiger partial charge >= 0.3 is 6.09 Å². The lowest BCUT2D eigenvalue weighted by Crippen LogP contribution is -2.40. The molecule has 1 aromatic heterocycles. The van der Waals surface area contributed by atoms with Crippen molar-refractivity contribution in [3.63, 3.8) is 0 Å². The van der Waals surface area contributed by atoms with Crippen LogP contribution in [0.15, 0.2) is 12.4 Å². The smallest absolute Gasteiger partial charge is 0.429 e. The molecule has 6 nitrogen and oxygen atoms in total. The van der Waals surface area contributed by atoms with Crippen LogP contribution in [0.25, 0.3) is 0 Å². The van der Waals surface area contributed by atoms with Gasteiger partial charge in [-0.05, 0) is 6.92 Å². The van der Waals surface area contributed by atoms with Crippen LogP contribution in [0, 0.1) is 0 Å². The number of hydrogen-bond acceptors (Lipinski definition) is 3. The number of hydrogen-bond donors (Lipinski definition) is 1. The molecule has 0 aliphatic carbocycles. The summed E-state index contributed by atoms with van der Waals surface area (Å²) in [5, 5.41) is 16.9. The highest BCUT2D eigenvalue weighted by molar-refractivity contribution is 5.75. The van der Waals surface area contributed by atoms with Crippen LogP contribution < -0.4 is 5.01 Å². The van der Waals surface area contributed by atoms with E-state index < -0.39 is 6.09 Å². The average Bonchev–Trinajstić information content (AvgIpc) is 2.40. The maximum Gasteiger partial charge on any atom is 0.429 e. The zero-order valence-corrected chi connectivity index (χ0v) is 6.01. The quantitative estimate of drug-likeness (QED) is 0.649. The van der Waals surface area contributed by atoms with E-state index in [-0.39, 0.29) is 0 Å². The van der Waals surface area contributed by atoms with Crippen molar-refractivity contribution in [2.45, 2.75) is 6.92 Å². The summed E-state index contributed by atoms with van der Waals surface area (Å²) in [5.41, 5.74) is 0. The van der Waals surface area contributed by atoms with Gasteiger partial charge in [0.1, 0.15) is 0 Å². The van der Waals surface area contributed by atoms with Crippen LogP contribution in [-0.4, -0.2) is 32.8 Å². The number of amides is 1. The van der Waals surface area contributed by atoms with Gasteiger partial charge in [-0.1, -0.05) is 4.91 Å². The molecule has 0 aromatic carbocycles. The largest absolute Gasteiger partial charge is 0.464 e. The van der Waals surface area contributed by atoms with Crippen molar-refractivity contribution in [3.8, 4) is 0 Å². The van der Waals surface area contributed by atoms with E-state index in [0.717, 1.165) is 9.91 Å². The van der Waals surface area contributed by atoms with E-state index in [4.69, 9.17) is 5.11 Å². The summed E-state index contributed by atoms with van der Waals surface area (Å²) >= 11 is 0. The van der Waals surface area contributed by atoms with Crippen LogP contribution in [0.4, 0.5) is 4.79 Å². The molecule has 0 saturated carbocycles. The van der Waals surface area contributed by atoms with E-state index in [1.165, 1.54) is 12.4 Å². The molecule has 0 unspecified atom stereocenters. The van der Waals surface area contributed by atoms with Gasteiger partial charge in [0.15, 0.2) is 0 Å². The maximum atomic E-state index is 10.5. The van der Waals surface area contributed by atoms with Crippen molar-refractivity contribution in [1.29, 1.82) is 0 Å². The second-order valence-corrected chi connectivity index (χ2v) is 1.80. The molecule has 0 spiro atoms. The summed E-state index contributed by atoms with van der Waals surface area (Å²) < 4.78 is 0. The van der Waals surface area contributed by atoms with Crippen molar-refractivity contribution in [2.75, 3.05) is 11.6 Å². The zero-order valence-electron chi connectivity index (χ0n) is 6.01. The molecule has 1 heterocycles. The molecule has 1 rings (SSSR count). The van der Waals surface area contributed by atoms with Gasteiger partial charge in [-0.15, -0.1) is 10.2 Å². The highest BCUT2D eigenvalue weighted by Gasteiger charge is 2.11. The molecule has 0 saturated heterocycles. The predicted molar refractivity (Wildman–Crippen MR) is 36.8 cm³/mol. The second-order valence-electron chi connectivity index (χ2n) is 1.80. The first-order valence-corrected chi connectivity index (χ1v) is 3.12. The van der Waals surface area contributed by atoms with E-state index in [1.54, 1.807) is 6.92 Å². The van der Waals surface area contributed by atoms with E-state index >= 15 is 0 Å². The van der Waals surface area contributed by atoms with Crippen molar-refractivity contribution in [2.24, 2.45) is 0 Å². The molecule has 0 fully saturated rings. The summed E-state index contributed by atoms with van der Waals surface area (Å²) in [6.07, 6.45) is 1.78. The molecule has 1 aromatic rings. The van der Waals surface area contributed by atoms with Gasteiger partial charge in [0, 0.05) is 6.54 Å². The first kappa shape index (κ1) is 7.52. The van der Waals surface area contributed by atoms with Crippen LogP contribution in [0.2, 0.25) is 0 Å². The third-order valence-corrected chi connectivity index (χ3v) is 1.14. The van der Waals surface area contributed by atoms with Gasteiger partial charge in [0.25, 0.3) is 0 Å². The van der Waals surface area contributed by atoms with Crippen molar-refractivity contribution < 1.29 is 9.90 Å². The topological polar surface area (TPSA) is 71.2 Å². The highest BCUT2D eigenvalue weighted by atomic mass is 16.4. The first-order valence-electron chi connectivity index (χ1n) is 3.12. The van der Waals surface area contributed by atoms with Gasteiger partial charge in [-0.25, -0.2) is 4.79 Å². The molecule has 60 valence electrons. The molecule has 1 amide bonds. The minimum atomic E-state index is -1.07. The molecule has 6 heteroatoms. The van der Waals surface area contributed by atoms with Gasteiger partial charge < -0.3 is 5.11 Å². The van der Waals surface area contributed by atoms with E-state index in [0.29, 0.717) is 6.54 Å². The Balaban J connectivity index is 2.79. The third kappa shape index (κ3) is 1.46. The molecule has 11 heavy (non-hydrogen) atoms. The van der Waals surface area contributed by atoms with Crippen LogP contribution in [0.3, 0.4) is 0 Å². The van der Waals surface area contributed by atoms with Gasteiger partial charge in [-0.2, -0.15) is 5.01 Å². The van der Waals surface area contributed by atoms with Crippen LogP contribution in [-0.2, 0) is 0 Å². The van der Waals surface area contributed by atoms with Gasteiger partial charge in [-0.3, -0.25) is 0 Å². The molecular formula is C5H8N4O2. The summed E-state index contributed by atoms with van der Waals surface area (Å²) in [6.45, 7) is 2.03. The molecule has 0 aliphatic rings. The molecular weight excluding hydrogens is 148 g/mol. The Bertz CT molecular complexity index is 233. The number of rotatable bonds is 2. The predicted octanol–water partition coefficient (Wildman–Crippen LogP) is -0.0860. The molecule has 0 radical (unpaired) electrons. The number of carbonyl (C=O) groups is 1. The Morgan fingerprint density at radius 1 is 1.64 bits per heavy atom. The number of carboxylic acid groups (broad SMARTS) is 1. The molecule has 0 aliphatic heterocycles. The standard InChI is InChI=1S/C5H8N4O2/c1-2-8(5(10)11)9-6-3-4-7-9/h3-4H,2H2,1H3,(H,10,11). The zero-order chi connectivity index (χ0) is 8.27. The minimum absolute atomic E-state index is 0.323. The van der Waals surface area contributed by atoms with Crippen LogP contribution in [0.5, 0.6) is 0 Å². The fourth-order valence-electron chi connectivity index (χ4n) is 0.672. The summed E-state index contributed by atoms with van der Waals surface area (Å²) in [5.74, 6) is 0. The van der Waals surface area contributed by atoms with E-state index in [1.807, 2.05) is 0 Å². The SMILES string of the molecule is CCN(C(=O)O)n1nccn1. The lowest BCUT2D eigenvalue weighted by molar-refractivity contribution is 0.191. The van der Waals surface area contributed by atoms with Crippen molar-refractivity contribution in [3.05, 3.63) is 12.4 Å². The van der Waals surface area contributed by atoms with E-state index in [2.05, 4.69) is 10.2 Å². The summed E-state index contributed by atoms with van der Waals surface area (Å²) in [4.78, 5) is 11.5. The first-order chi connectivity index (χ1) is 5.25.